The van der Waals surface area contributed by atoms with E-state index in [0.29, 0.717) is 16.8 Å². The van der Waals surface area contributed by atoms with Gasteiger partial charge < -0.3 is 10.6 Å². The predicted molar refractivity (Wildman–Crippen MR) is 129 cm³/mol. The summed E-state index contributed by atoms with van der Waals surface area (Å²) in [5.41, 5.74) is 3.92. The standard InChI is InChI=1S/C26H28N2O2S/c1-4-19(3)27-26(30)23-7-5-6-8-24(23)28-25(29)21-13-11-20(12-14-21)17-31-22-15-9-18(2)10-16-22/h5-16,19H,4,17H2,1-3H3,(H,27,30)(H,28,29)/t19-/m0/s1. The lowest BCUT2D eigenvalue weighted by molar-refractivity contribution is 0.0940. The molecule has 31 heavy (non-hydrogen) atoms. The Morgan fingerprint density at radius 1 is 0.903 bits per heavy atom. The number of amides is 2. The van der Waals surface area contributed by atoms with Crippen LogP contribution in [0.25, 0.3) is 0 Å². The van der Waals surface area contributed by atoms with Gasteiger partial charge in [-0.2, -0.15) is 0 Å². The van der Waals surface area contributed by atoms with E-state index in [0.717, 1.165) is 17.7 Å². The Labute approximate surface area is 188 Å². The highest BCUT2D eigenvalue weighted by Crippen LogP contribution is 2.23. The average Bonchev–Trinajstić information content (AvgIpc) is 2.79. The van der Waals surface area contributed by atoms with Crippen molar-refractivity contribution in [3.05, 3.63) is 95.1 Å². The van der Waals surface area contributed by atoms with Gasteiger partial charge in [0.2, 0.25) is 0 Å². The zero-order valence-corrected chi connectivity index (χ0v) is 19.0. The minimum atomic E-state index is -0.235. The fourth-order valence-electron chi connectivity index (χ4n) is 2.94. The molecular formula is C26H28N2O2S. The molecule has 160 valence electrons. The first-order chi connectivity index (χ1) is 15.0. The number of hydrogen-bond acceptors (Lipinski definition) is 3. The second-order valence-corrected chi connectivity index (χ2v) is 8.63. The van der Waals surface area contributed by atoms with E-state index in [1.54, 1.807) is 36.0 Å². The van der Waals surface area contributed by atoms with Crippen LogP contribution in [-0.2, 0) is 5.75 Å². The number of nitrogens with one attached hydrogen (secondary N) is 2. The first kappa shape index (κ1) is 22.6. The van der Waals surface area contributed by atoms with Crippen molar-refractivity contribution in [2.24, 2.45) is 0 Å². The molecule has 3 aromatic carbocycles. The van der Waals surface area contributed by atoms with E-state index in [2.05, 4.69) is 41.8 Å². The molecular weight excluding hydrogens is 404 g/mol. The molecule has 2 N–H and O–H groups in total. The Bertz CT molecular complexity index is 1030. The lowest BCUT2D eigenvalue weighted by atomic mass is 10.1. The zero-order chi connectivity index (χ0) is 22.2. The van der Waals surface area contributed by atoms with Crippen LogP contribution in [-0.4, -0.2) is 17.9 Å². The number of para-hydroxylation sites is 1. The van der Waals surface area contributed by atoms with Crippen molar-refractivity contribution in [2.75, 3.05) is 5.32 Å². The first-order valence-corrected chi connectivity index (χ1v) is 11.4. The van der Waals surface area contributed by atoms with Gasteiger partial charge in [0.15, 0.2) is 0 Å². The molecule has 0 saturated heterocycles. The van der Waals surface area contributed by atoms with Crippen molar-refractivity contribution < 1.29 is 9.59 Å². The van der Waals surface area contributed by atoms with Gasteiger partial charge in [0.25, 0.3) is 11.8 Å². The van der Waals surface area contributed by atoms with E-state index < -0.39 is 0 Å². The summed E-state index contributed by atoms with van der Waals surface area (Å²) in [5, 5.41) is 5.82. The molecule has 0 fully saturated rings. The zero-order valence-electron chi connectivity index (χ0n) is 18.1. The summed E-state index contributed by atoms with van der Waals surface area (Å²) < 4.78 is 0. The largest absolute Gasteiger partial charge is 0.350 e. The second-order valence-electron chi connectivity index (χ2n) is 7.58. The van der Waals surface area contributed by atoms with Gasteiger partial charge in [-0.1, -0.05) is 48.9 Å². The van der Waals surface area contributed by atoms with Crippen LogP contribution in [0.2, 0.25) is 0 Å². The molecule has 0 unspecified atom stereocenters. The van der Waals surface area contributed by atoms with Gasteiger partial charge in [0.1, 0.15) is 0 Å². The second kappa shape index (κ2) is 10.8. The summed E-state index contributed by atoms with van der Waals surface area (Å²) in [6.07, 6.45) is 0.842. The van der Waals surface area contributed by atoms with E-state index in [1.807, 2.05) is 38.1 Å². The lowest BCUT2D eigenvalue weighted by Crippen LogP contribution is -2.32. The van der Waals surface area contributed by atoms with Gasteiger partial charge in [-0.15, -0.1) is 11.8 Å². The van der Waals surface area contributed by atoms with Crippen molar-refractivity contribution in [3.63, 3.8) is 0 Å². The number of benzene rings is 3. The Hall–Kier alpha value is -3.05. The maximum absolute atomic E-state index is 12.7. The van der Waals surface area contributed by atoms with Crippen molar-refractivity contribution in [1.82, 2.24) is 5.32 Å². The number of rotatable bonds is 8. The van der Waals surface area contributed by atoms with Gasteiger partial charge >= 0.3 is 0 Å². The fourth-order valence-corrected chi connectivity index (χ4v) is 3.80. The van der Waals surface area contributed by atoms with E-state index in [-0.39, 0.29) is 17.9 Å². The summed E-state index contributed by atoms with van der Waals surface area (Å²) in [6.45, 7) is 6.05. The number of aryl methyl sites for hydroxylation is 1. The molecule has 0 saturated carbocycles. The molecule has 0 radical (unpaired) electrons. The highest BCUT2D eigenvalue weighted by Gasteiger charge is 2.15. The van der Waals surface area contributed by atoms with E-state index in [1.165, 1.54) is 10.5 Å². The molecule has 4 nitrogen and oxygen atoms in total. The number of carbonyl (C=O) groups excluding carboxylic acids is 2. The quantitative estimate of drug-likeness (QED) is 0.425. The summed E-state index contributed by atoms with van der Waals surface area (Å²) in [5.74, 6) is 0.416. The van der Waals surface area contributed by atoms with Crippen molar-refractivity contribution in [1.29, 1.82) is 0 Å². The fraction of sp³-hybridized carbons (Fsp3) is 0.231. The SMILES string of the molecule is CC[C@H](C)NC(=O)c1ccccc1NC(=O)c1ccc(CSc2ccc(C)cc2)cc1. The smallest absolute Gasteiger partial charge is 0.255 e. The molecule has 0 aliphatic heterocycles. The first-order valence-electron chi connectivity index (χ1n) is 10.5. The van der Waals surface area contributed by atoms with Gasteiger partial charge in [-0.3, -0.25) is 9.59 Å². The van der Waals surface area contributed by atoms with E-state index in [9.17, 15) is 9.59 Å². The van der Waals surface area contributed by atoms with Gasteiger partial charge in [-0.05, 0) is 62.2 Å². The van der Waals surface area contributed by atoms with Crippen LogP contribution in [0, 0.1) is 6.92 Å². The highest BCUT2D eigenvalue weighted by atomic mass is 32.2. The summed E-state index contributed by atoms with van der Waals surface area (Å²) >= 11 is 1.77. The van der Waals surface area contributed by atoms with Crippen LogP contribution in [0.15, 0.2) is 77.7 Å². The van der Waals surface area contributed by atoms with Crippen molar-refractivity contribution in [2.45, 2.75) is 43.9 Å². The average molecular weight is 433 g/mol. The molecule has 0 bridgehead atoms. The van der Waals surface area contributed by atoms with E-state index >= 15 is 0 Å². The maximum Gasteiger partial charge on any atom is 0.255 e. The van der Waals surface area contributed by atoms with Crippen LogP contribution in [0.4, 0.5) is 5.69 Å². The number of anilines is 1. The van der Waals surface area contributed by atoms with Gasteiger partial charge in [-0.25, -0.2) is 0 Å². The molecule has 1 atom stereocenters. The Balaban J connectivity index is 1.63. The Kier molecular flexibility index (Phi) is 7.90. The molecule has 0 heterocycles. The molecule has 0 spiro atoms. The third-order valence-electron chi connectivity index (χ3n) is 5.05. The monoisotopic (exact) mass is 432 g/mol. The summed E-state index contributed by atoms with van der Waals surface area (Å²) in [4.78, 5) is 26.5. The third kappa shape index (κ3) is 6.46. The van der Waals surface area contributed by atoms with Crippen LogP contribution in [0.5, 0.6) is 0 Å². The highest BCUT2D eigenvalue weighted by molar-refractivity contribution is 7.98. The molecule has 5 heteroatoms. The minimum Gasteiger partial charge on any atom is -0.350 e. The molecule has 0 aromatic heterocycles. The number of carbonyl (C=O) groups is 2. The van der Waals surface area contributed by atoms with Crippen LogP contribution >= 0.6 is 11.8 Å². The van der Waals surface area contributed by atoms with Crippen molar-refractivity contribution in [3.8, 4) is 0 Å². The van der Waals surface area contributed by atoms with Crippen molar-refractivity contribution >= 4 is 29.3 Å². The Morgan fingerprint density at radius 2 is 1.58 bits per heavy atom. The number of thioether (sulfide) groups is 1. The lowest BCUT2D eigenvalue weighted by Gasteiger charge is -2.14. The van der Waals surface area contributed by atoms with Gasteiger partial charge in [0, 0.05) is 22.3 Å². The molecule has 2 amide bonds. The van der Waals surface area contributed by atoms with E-state index in [4.69, 9.17) is 0 Å². The minimum absolute atomic E-state index is 0.0709. The van der Waals surface area contributed by atoms with Crippen LogP contribution in [0.1, 0.15) is 52.1 Å². The number of hydrogen-bond donors (Lipinski definition) is 2. The van der Waals surface area contributed by atoms with Crippen LogP contribution < -0.4 is 10.6 Å². The normalized spacial score (nSPS) is 11.6. The predicted octanol–water partition coefficient (Wildman–Crippen LogP) is 6.07. The van der Waals surface area contributed by atoms with Crippen LogP contribution in [0.3, 0.4) is 0 Å². The topological polar surface area (TPSA) is 58.2 Å². The summed E-state index contributed by atoms with van der Waals surface area (Å²) in [6, 6.07) is 23.2. The van der Waals surface area contributed by atoms with Gasteiger partial charge in [0.05, 0.1) is 11.3 Å². The maximum atomic E-state index is 12.7. The Morgan fingerprint density at radius 3 is 2.26 bits per heavy atom. The molecule has 3 aromatic rings. The third-order valence-corrected chi connectivity index (χ3v) is 6.14. The summed E-state index contributed by atoms with van der Waals surface area (Å²) in [7, 11) is 0. The molecule has 0 aliphatic carbocycles. The molecule has 3 rings (SSSR count). The molecule has 0 aliphatic rings.